The van der Waals surface area contributed by atoms with E-state index in [0.29, 0.717) is 0 Å². The number of halogens is 1. The van der Waals surface area contributed by atoms with Gasteiger partial charge in [-0.25, -0.2) is 4.39 Å². The monoisotopic (exact) mass is 271 g/mol. The van der Waals surface area contributed by atoms with Gasteiger partial charge < -0.3 is 15.8 Å². The molecule has 0 spiro atoms. The van der Waals surface area contributed by atoms with Gasteiger partial charge in [-0.15, -0.1) is 0 Å². The molecule has 0 bridgehead atoms. The first-order valence-electron chi connectivity index (χ1n) is 5.49. The number of amides is 1. The number of primary amides is 1. The zero-order chi connectivity index (χ0) is 14.4. The lowest BCUT2D eigenvalue weighted by Crippen LogP contribution is -2.40. The molecular formula is C11H14FN3O4. The maximum atomic E-state index is 13.4. The molecule has 3 N–H and O–H groups in total. The minimum atomic E-state index is -0.825. The molecule has 0 aromatic heterocycles. The average molecular weight is 271 g/mol. The number of nitrogens with one attached hydrogen (secondary N) is 1. The Morgan fingerprint density at radius 3 is 2.79 bits per heavy atom. The molecule has 0 saturated heterocycles. The molecule has 0 aliphatic carbocycles. The summed E-state index contributed by atoms with van der Waals surface area (Å²) in [5, 5.41) is 13.1. The highest BCUT2D eigenvalue weighted by molar-refractivity contribution is 5.79. The van der Waals surface area contributed by atoms with Crippen LogP contribution < -0.4 is 15.8 Å². The first-order chi connectivity index (χ1) is 8.95. The third-order valence-corrected chi connectivity index (χ3v) is 2.48. The van der Waals surface area contributed by atoms with Crippen LogP contribution in [0.4, 0.5) is 10.1 Å². The van der Waals surface area contributed by atoms with E-state index in [9.17, 15) is 19.3 Å². The number of nitro groups is 1. The van der Waals surface area contributed by atoms with Crippen LogP contribution in [0.25, 0.3) is 0 Å². The second-order valence-electron chi connectivity index (χ2n) is 3.75. The summed E-state index contributed by atoms with van der Waals surface area (Å²) in [6.45, 7) is 0.0587. The van der Waals surface area contributed by atoms with Crippen molar-refractivity contribution in [3.63, 3.8) is 0 Å². The van der Waals surface area contributed by atoms with E-state index in [1.165, 1.54) is 6.07 Å². The van der Waals surface area contributed by atoms with Crippen molar-refractivity contribution in [1.82, 2.24) is 5.32 Å². The molecule has 1 unspecified atom stereocenters. The Labute approximate surface area is 108 Å². The van der Waals surface area contributed by atoms with E-state index in [-0.39, 0.29) is 24.5 Å². The van der Waals surface area contributed by atoms with Crippen LogP contribution in [-0.4, -0.2) is 30.5 Å². The van der Waals surface area contributed by atoms with E-state index < -0.39 is 22.7 Å². The molecule has 0 saturated carbocycles. The van der Waals surface area contributed by atoms with Crippen molar-refractivity contribution in [2.75, 3.05) is 13.7 Å². The van der Waals surface area contributed by atoms with Crippen molar-refractivity contribution in [3.8, 4) is 5.75 Å². The van der Waals surface area contributed by atoms with Gasteiger partial charge in [0, 0.05) is 12.5 Å². The van der Waals surface area contributed by atoms with Crippen molar-refractivity contribution in [2.45, 2.75) is 12.5 Å². The predicted octanol–water partition coefficient (Wildman–Crippen LogP) is 0.576. The number of nitrogens with two attached hydrogens (primary N) is 1. The van der Waals surface area contributed by atoms with Gasteiger partial charge in [0.1, 0.15) is 0 Å². The van der Waals surface area contributed by atoms with Gasteiger partial charge in [-0.05, 0) is 13.1 Å². The second-order valence-corrected chi connectivity index (χ2v) is 3.75. The van der Waals surface area contributed by atoms with Crippen LogP contribution in [0.2, 0.25) is 0 Å². The smallest absolute Gasteiger partial charge is 0.272 e. The van der Waals surface area contributed by atoms with E-state index in [0.717, 1.165) is 12.1 Å². The van der Waals surface area contributed by atoms with Gasteiger partial charge in [-0.2, -0.15) is 0 Å². The lowest BCUT2D eigenvalue weighted by molar-refractivity contribution is -0.385. The second kappa shape index (κ2) is 6.64. The molecule has 0 fully saturated rings. The maximum Gasteiger partial charge on any atom is 0.272 e. The number of likely N-dealkylation sites (N-methyl/N-ethyl adjacent to an activating group) is 1. The van der Waals surface area contributed by atoms with Crippen LogP contribution in [-0.2, 0) is 4.79 Å². The number of nitrogens with zero attached hydrogens (tertiary/aromatic N) is 1. The molecule has 0 radical (unpaired) electrons. The van der Waals surface area contributed by atoms with Gasteiger partial charge in [0.25, 0.3) is 5.69 Å². The minimum absolute atomic E-state index is 0.0587. The third-order valence-electron chi connectivity index (χ3n) is 2.48. The molecule has 8 heteroatoms. The van der Waals surface area contributed by atoms with Crippen LogP contribution in [0.15, 0.2) is 18.2 Å². The average Bonchev–Trinajstić information content (AvgIpc) is 2.35. The molecule has 1 aromatic rings. The molecular weight excluding hydrogens is 257 g/mol. The van der Waals surface area contributed by atoms with Crippen LogP contribution in [0, 0.1) is 15.9 Å². The summed E-state index contributed by atoms with van der Waals surface area (Å²) in [6.07, 6.45) is 0.266. The first-order valence-corrected chi connectivity index (χ1v) is 5.49. The van der Waals surface area contributed by atoms with Gasteiger partial charge in [-0.1, -0.05) is 0 Å². The molecule has 0 aliphatic rings. The Kier molecular flexibility index (Phi) is 5.19. The molecule has 1 atom stereocenters. The van der Waals surface area contributed by atoms with Crippen molar-refractivity contribution in [3.05, 3.63) is 34.1 Å². The predicted molar refractivity (Wildman–Crippen MR) is 65.2 cm³/mol. The Morgan fingerprint density at radius 2 is 2.32 bits per heavy atom. The molecule has 19 heavy (non-hydrogen) atoms. The number of rotatable bonds is 7. The summed E-state index contributed by atoms with van der Waals surface area (Å²) in [5.74, 6) is -1.46. The third kappa shape index (κ3) is 4.18. The van der Waals surface area contributed by atoms with Crippen molar-refractivity contribution in [1.29, 1.82) is 0 Å². The number of nitro benzene ring substituents is 1. The summed E-state index contributed by atoms with van der Waals surface area (Å²) in [4.78, 5) is 20.6. The lowest BCUT2D eigenvalue weighted by atomic mass is 10.2. The number of hydrogen-bond acceptors (Lipinski definition) is 5. The summed E-state index contributed by atoms with van der Waals surface area (Å²) < 4.78 is 18.5. The summed E-state index contributed by atoms with van der Waals surface area (Å²) >= 11 is 0. The highest BCUT2D eigenvalue weighted by Gasteiger charge is 2.14. The van der Waals surface area contributed by atoms with E-state index in [2.05, 4.69) is 5.32 Å². The Morgan fingerprint density at radius 1 is 1.63 bits per heavy atom. The zero-order valence-electron chi connectivity index (χ0n) is 10.3. The fourth-order valence-corrected chi connectivity index (χ4v) is 1.44. The molecule has 0 aliphatic heterocycles. The summed E-state index contributed by atoms with van der Waals surface area (Å²) in [5.41, 5.74) is 4.75. The summed E-state index contributed by atoms with van der Waals surface area (Å²) in [7, 11) is 1.57. The highest BCUT2D eigenvalue weighted by Crippen LogP contribution is 2.22. The van der Waals surface area contributed by atoms with Gasteiger partial charge in [0.15, 0.2) is 11.6 Å². The highest BCUT2D eigenvalue weighted by atomic mass is 19.1. The maximum absolute atomic E-state index is 13.4. The van der Waals surface area contributed by atoms with Crippen molar-refractivity contribution < 1.29 is 18.8 Å². The van der Waals surface area contributed by atoms with Crippen LogP contribution in [0.5, 0.6) is 5.75 Å². The van der Waals surface area contributed by atoms with Gasteiger partial charge in [-0.3, -0.25) is 14.9 Å². The van der Waals surface area contributed by atoms with Crippen LogP contribution in [0.1, 0.15) is 6.42 Å². The Hall–Kier alpha value is -2.22. The molecule has 0 heterocycles. The molecule has 1 aromatic carbocycles. The number of carbonyl (C=O) groups excluding carboxylic acids is 1. The molecule has 1 rings (SSSR count). The summed E-state index contributed by atoms with van der Waals surface area (Å²) in [6, 6.07) is 2.52. The minimum Gasteiger partial charge on any atom is -0.490 e. The van der Waals surface area contributed by atoms with E-state index in [4.69, 9.17) is 10.5 Å². The van der Waals surface area contributed by atoms with Crippen LogP contribution in [0.3, 0.4) is 0 Å². The quantitative estimate of drug-likeness (QED) is 0.557. The van der Waals surface area contributed by atoms with Crippen molar-refractivity contribution >= 4 is 11.6 Å². The van der Waals surface area contributed by atoms with Crippen LogP contribution >= 0.6 is 0 Å². The normalized spacial score (nSPS) is 11.9. The zero-order valence-corrected chi connectivity index (χ0v) is 10.3. The van der Waals surface area contributed by atoms with Crippen molar-refractivity contribution in [2.24, 2.45) is 5.73 Å². The van der Waals surface area contributed by atoms with Gasteiger partial charge >= 0.3 is 0 Å². The molecule has 1 amide bonds. The number of ether oxygens (including phenoxy) is 1. The largest absolute Gasteiger partial charge is 0.490 e. The van der Waals surface area contributed by atoms with E-state index >= 15 is 0 Å². The number of benzene rings is 1. The molecule has 104 valence electrons. The standard InChI is InChI=1S/C11H14FN3O4/c1-14-9(11(13)16)4-5-19-10-3-2-7(15(17)18)6-8(10)12/h2-3,6,9,14H,4-5H2,1H3,(H2,13,16). The van der Waals surface area contributed by atoms with Gasteiger partial charge in [0.2, 0.25) is 5.91 Å². The Balaban J connectivity index is 2.59. The molecule has 7 nitrogen and oxygen atoms in total. The van der Waals surface area contributed by atoms with E-state index in [1.807, 2.05) is 0 Å². The Bertz CT molecular complexity index is 481. The first kappa shape index (κ1) is 14.8. The number of carbonyl (C=O) groups is 1. The number of non-ortho nitro benzene ring substituents is 1. The topological polar surface area (TPSA) is 107 Å². The van der Waals surface area contributed by atoms with Gasteiger partial charge in [0.05, 0.1) is 23.6 Å². The fourth-order valence-electron chi connectivity index (χ4n) is 1.44. The number of hydrogen-bond donors (Lipinski definition) is 2. The SMILES string of the molecule is CNC(CCOc1ccc([N+](=O)[O-])cc1F)C(N)=O. The fraction of sp³-hybridized carbons (Fsp3) is 0.364. The lowest BCUT2D eigenvalue weighted by Gasteiger charge is -2.13. The van der Waals surface area contributed by atoms with E-state index in [1.54, 1.807) is 7.05 Å².